The highest BCUT2D eigenvalue weighted by Crippen LogP contribution is 2.22. The summed E-state index contributed by atoms with van der Waals surface area (Å²) in [7, 11) is 0. The minimum atomic E-state index is -0.836. The lowest BCUT2D eigenvalue weighted by Crippen LogP contribution is -2.20. The largest absolute Gasteiger partial charge is 0.481 e. The zero-order chi connectivity index (χ0) is 17.5. The van der Waals surface area contributed by atoms with Gasteiger partial charge in [-0.25, -0.2) is 4.39 Å². The summed E-state index contributed by atoms with van der Waals surface area (Å²) in [6.45, 7) is 1.91. The number of anilines is 1. The van der Waals surface area contributed by atoms with Gasteiger partial charge in [-0.05, 0) is 48.2 Å². The summed E-state index contributed by atoms with van der Waals surface area (Å²) in [5.41, 5.74) is 2.33. The highest BCUT2D eigenvalue weighted by atomic mass is 19.1. The number of aryl methyl sites for hydroxylation is 1. The number of nitrogens with one attached hydrogen (secondary N) is 1. The first kappa shape index (κ1) is 17.7. The number of hydrogen-bond acceptors (Lipinski definition) is 2. The van der Waals surface area contributed by atoms with E-state index in [-0.39, 0.29) is 24.1 Å². The highest BCUT2D eigenvalue weighted by molar-refractivity contribution is 5.95. The first-order chi connectivity index (χ1) is 11.5. The van der Waals surface area contributed by atoms with E-state index >= 15 is 0 Å². The van der Waals surface area contributed by atoms with Gasteiger partial charge in [0, 0.05) is 12.1 Å². The van der Waals surface area contributed by atoms with Gasteiger partial charge >= 0.3 is 5.97 Å². The Kier molecular flexibility index (Phi) is 6.07. The summed E-state index contributed by atoms with van der Waals surface area (Å²) < 4.78 is 13.0. The van der Waals surface area contributed by atoms with Crippen molar-refractivity contribution in [2.45, 2.75) is 32.1 Å². The number of amides is 1. The Balaban J connectivity index is 2.02. The van der Waals surface area contributed by atoms with Crippen LogP contribution >= 0.6 is 0 Å². The summed E-state index contributed by atoms with van der Waals surface area (Å²) in [6.07, 6.45) is 1.14. The van der Waals surface area contributed by atoms with E-state index in [9.17, 15) is 14.0 Å². The third-order valence-corrected chi connectivity index (χ3v) is 3.85. The average Bonchev–Trinajstić information content (AvgIpc) is 2.56. The number of aliphatic carboxylic acids is 1. The monoisotopic (exact) mass is 329 g/mol. The third kappa shape index (κ3) is 4.91. The van der Waals surface area contributed by atoms with Crippen molar-refractivity contribution in [2.75, 3.05) is 5.32 Å². The Labute approximate surface area is 140 Å². The molecule has 0 aliphatic rings. The van der Waals surface area contributed by atoms with Crippen molar-refractivity contribution in [3.8, 4) is 0 Å². The van der Waals surface area contributed by atoms with E-state index in [1.165, 1.54) is 12.1 Å². The quantitative estimate of drug-likeness (QED) is 0.807. The van der Waals surface area contributed by atoms with Crippen LogP contribution in [-0.4, -0.2) is 17.0 Å². The molecular formula is C19H20FNO3. The Morgan fingerprint density at radius 3 is 2.25 bits per heavy atom. The lowest BCUT2D eigenvalue weighted by Gasteiger charge is -2.15. The lowest BCUT2D eigenvalue weighted by molar-refractivity contribution is -0.137. The van der Waals surface area contributed by atoms with Crippen LogP contribution in [0.1, 0.15) is 36.8 Å². The third-order valence-electron chi connectivity index (χ3n) is 3.85. The van der Waals surface area contributed by atoms with Gasteiger partial charge in [0.1, 0.15) is 5.82 Å². The standard InChI is InChI=1S/C19H20FNO3/c1-2-17(14-6-8-15(20)9-7-14)19(24)21-16-10-3-13(4-11-16)5-12-18(22)23/h3-4,6-11,17H,2,5,12H2,1H3,(H,21,24)(H,22,23). The van der Waals surface area contributed by atoms with Gasteiger partial charge in [-0.2, -0.15) is 0 Å². The second kappa shape index (κ2) is 8.24. The molecule has 126 valence electrons. The zero-order valence-corrected chi connectivity index (χ0v) is 13.5. The molecule has 0 saturated carbocycles. The van der Waals surface area contributed by atoms with Crippen molar-refractivity contribution < 1.29 is 19.1 Å². The van der Waals surface area contributed by atoms with E-state index in [0.29, 0.717) is 18.5 Å². The van der Waals surface area contributed by atoms with Crippen LogP contribution in [0.3, 0.4) is 0 Å². The maximum absolute atomic E-state index is 13.0. The Morgan fingerprint density at radius 2 is 1.71 bits per heavy atom. The molecule has 1 unspecified atom stereocenters. The molecule has 0 aromatic heterocycles. The number of benzene rings is 2. The van der Waals surface area contributed by atoms with Crippen LogP contribution in [0, 0.1) is 5.82 Å². The molecule has 2 aromatic rings. The van der Waals surface area contributed by atoms with Crippen LogP contribution in [0.15, 0.2) is 48.5 Å². The first-order valence-electron chi connectivity index (χ1n) is 7.86. The van der Waals surface area contributed by atoms with E-state index in [1.54, 1.807) is 36.4 Å². The molecular weight excluding hydrogens is 309 g/mol. The molecule has 1 atom stereocenters. The smallest absolute Gasteiger partial charge is 0.303 e. The second-order valence-electron chi connectivity index (χ2n) is 5.59. The topological polar surface area (TPSA) is 66.4 Å². The van der Waals surface area contributed by atoms with Crippen LogP contribution in [0.25, 0.3) is 0 Å². The van der Waals surface area contributed by atoms with Gasteiger partial charge in [-0.15, -0.1) is 0 Å². The molecule has 0 radical (unpaired) electrons. The molecule has 2 aromatic carbocycles. The molecule has 0 aliphatic heterocycles. The van der Waals surface area contributed by atoms with Crippen molar-refractivity contribution in [1.82, 2.24) is 0 Å². The van der Waals surface area contributed by atoms with Gasteiger partial charge in [0.25, 0.3) is 0 Å². The maximum Gasteiger partial charge on any atom is 0.303 e. The van der Waals surface area contributed by atoms with Crippen LogP contribution in [0.2, 0.25) is 0 Å². The fraction of sp³-hybridized carbons (Fsp3) is 0.263. The number of rotatable bonds is 7. The lowest BCUT2D eigenvalue weighted by atomic mass is 9.95. The van der Waals surface area contributed by atoms with Gasteiger partial charge in [-0.3, -0.25) is 9.59 Å². The molecule has 0 aliphatic carbocycles. The second-order valence-corrected chi connectivity index (χ2v) is 5.59. The van der Waals surface area contributed by atoms with Crippen molar-refractivity contribution in [2.24, 2.45) is 0 Å². The van der Waals surface area contributed by atoms with Crippen LogP contribution in [0.5, 0.6) is 0 Å². The van der Waals surface area contributed by atoms with Crippen LogP contribution in [0.4, 0.5) is 10.1 Å². The van der Waals surface area contributed by atoms with Gasteiger partial charge < -0.3 is 10.4 Å². The molecule has 24 heavy (non-hydrogen) atoms. The van der Waals surface area contributed by atoms with Crippen LogP contribution in [-0.2, 0) is 16.0 Å². The summed E-state index contributed by atoms with van der Waals surface area (Å²) >= 11 is 0. The van der Waals surface area contributed by atoms with Crippen molar-refractivity contribution >= 4 is 17.6 Å². The Morgan fingerprint density at radius 1 is 1.08 bits per heavy atom. The molecule has 1 amide bonds. The number of carbonyl (C=O) groups is 2. The summed E-state index contributed by atoms with van der Waals surface area (Å²) in [4.78, 5) is 23.0. The summed E-state index contributed by atoms with van der Waals surface area (Å²) in [6, 6.07) is 13.1. The molecule has 0 heterocycles. The molecule has 0 bridgehead atoms. The molecule has 4 nitrogen and oxygen atoms in total. The normalized spacial score (nSPS) is 11.8. The van der Waals surface area contributed by atoms with Crippen molar-refractivity contribution in [1.29, 1.82) is 0 Å². The summed E-state index contributed by atoms with van der Waals surface area (Å²) in [5.74, 6) is -1.66. The van der Waals surface area contributed by atoms with Gasteiger partial charge in [0.2, 0.25) is 5.91 Å². The fourth-order valence-electron chi connectivity index (χ4n) is 2.50. The number of carboxylic acid groups (broad SMARTS) is 1. The van der Waals surface area contributed by atoms with E-state index in [2.05, 4.69) is 5.32 Å². The Hall–Kier alpha value is -2.69. The number of hydrogen-bond donors (Lipinski definition) is 2. The average molecular weight is 329 g/mol. The predicted molar refractivity (Wildman–Crippen MR) is 90.5 cm³/mol. The Bertz CT molecular complexity index is 696. The zero-order valence-electron chi connectivity index (χ0n) is 13.5. The van der Waals surface area contributed by atoms with Gasteiger partial charge in [0.15, 0.2) is 0 Å². The molecule has 0 spiro atoms. The van der Waals surface area contributed by atoms with E-state index in [1.807, 2.05) is 6.92 Å². The van der Waals surface area contributed by atoms with E-state index in [4.69, 9.17) is 5.11 Å². The van der Waals surface area contributed by atoms with E-state index < -0.39 is 5.97 Å². The van der Waals surface area contributed by atoms with E-state index in [0.717, 1.165) is 11.1 Å². The number of carboxylic acids is 1. The maximum atomic E-state index is 13.0. The molecule has 0 fully saturated rings. The minimum absolute atomic E-state index is 0.0776. The summed E-state index contributed by atoms with van der Waals surface area (Å²) in [5, 5.41) is 11.5. The molecule has 0 saturated heterocycles. The van der Waals surface area contributed by atoms with Crippen LogP contribution < -0.4 is 5.32 Å². The molecule has 5 heteroatoms. The number of carbonyl (C=O) groups excluding carboxylic acids is 1. The van der Waals surface area contributed by atoms with Gasteiger partial charge in [-0.1, -0.05) is 31.2 Å². The molecule has 2 N–H and O–H groups in total. The first-order valence-corrected chi connectivity index (χ1v) is 7.86. The minimum Gasteiger partial charge on any atom is -0.481 e. The SMILES string of the molecule is CCC(C(=O)Nc1ccc(CCC(=O)O)cc1)c1ccc(F)cc1. The fourth-order valence-corrected chi connectivity index (χ4v) is 2.50. The highest BCUT2D eigenvalue weighted by Gasteiger charge is 2.18. The predicted octanol–water partition coefficient (Wildman–Crippen LogP) is 3.98. The molecule has 2 rings (SSSR count). The van der Waals surface area contributed by atoms with Crippen molar-refractivity contribution in [3.63, 3.8) is 0 Å². The van der Waals surface area contributed by atoms with Gasteiger partial charge in [0.05, 0.1) is 5.92 Å². The van der Waals surface area contributed by atoms with Crippen molar-refractivity contribution in [3.05, 3.63) is 65.5 Å². The number of halogens is 1.